The summed E-state index contributed by atoms with van der Waals surface area (Å²) >= 11 is 0. The van der Waals surface area contributed by atoms with Crippen LogP contribution in [0.4, 0.5) is 13.2 Å². The zero-order chi connectivity index (χ0) is 38.0. The minimum atomic E-state index is -4.74. The first-order valence-electron chi connectivity index (χ1n) is 18.3. The van der Waals surface area contributed by atoms with Crippen LogP contribution in [-0.4, -0.2) is 9.13 Å². The highest BCUT2D eigenvalue weighted by atomic mass is 19.4. The van der Waals surface area contributed by atoms with E-state index in [1.165, 1.54) is 6.07 Å². The molecule has 0 saturated heterocycles. The molecule has 10 rings (SSSR count). The Morgan fingerprint density at radius 1 is 0.393 bits per heavy atom. The smallest absolute Gasteiger partial charge is 0.309 e. The number of hydrogen-bond acceptors (Lipinski definition) is 1. The van der Waals surface area contributed by atoms with Crippen LogP contribution in [0, 0.1) is 11.3 Å². The molecule has 0 aliphatic rings. The van der Waals surface area contributed by atoms with Gasteiger partial charge in [-0.15, -0.1) is 0 Å². The van der Waals surface area contributed by atoms with Crippen molar-refractivity contribution in [3.05, 3.63) is 193 Å². The summed E-state index contributed by atoms with van der Waals surface area (Å²) in [5, 5.41) is 13.5. The Balaban J connectivity index is 1.35. The third-order valence-corrected chi connectivity index (χ3v) is 10.8. The highest BCUT2D eigenvalue weighted by molar-refractivity contribution is 6.12. The molecular formula is C50H30F3N3. The molecule has 0 atom stereocenters. The van der Waals surface area contributed by atoms with Crippen LogP contribution in [0.2, 0.25) is 0 Å². The van der Waals surface area contributed by atoms with E-state index < -0.39 is 11.7 Å². The fourth-order valence-corrected chi connectivity index (χ4v) is 8.24. The Bertz CT molecular complexity index is 3180. The van der Waals surface area contributed by atoms with Gasteiger partial charge in [-0.3, -0.25) is 0 Å². The maximum absolute atomic E-state index is 15.9. The third-order valence-electron chi connectivity index (χ3n) is 10.8. The van der Waals surface area contributed by atoms with Crippen molar-refractivity contribution in [1.29, 1.82) is 5.26 Å². The number of hydrogen-bond donors (Lipinski definition) is 0. The van der Waals surface area contributed by atoms with E-state index in [0.29, 0.717) is 33.4 Å². The summed E-state index contributed by atoms with van der Waals surface area (Å²) in [6.07, 6.45) is -4.74. The van der Waals surface area contributed by atoms with Gasteiger partial charge in [-0.25, -0.2) is 0 Å². The van der Waals surface area contributed by atoms with Crippen molar-refractivity contribution < 1.29 is 13.2 Å². The minimum absolute atomic E-state index is 0.000708. The van der Waals surface area contributed by atoms with Gasteiger partial charge in [0.15, 0.2) is 0 Å². The molecule has 0 saturated carbocycles. The molecule has 0 radical (unpaired) electrons. The lowest BCUT2D eigenvalue weighted by Crippen LogP contribution is -2.13. The molecule has 0 aliphatic heterocycles. The molecule has 0 fully saturated rings. The Hall–Kier alpha value is -7.36. The van der Waals surface area contributed by atoms with Crippen molar-refractivity contribution in [3.8, 4) is 50.8 Å². The Morgan fingerprint density at radius 3 is 1.41 bits per heavy atom. The summed E-state index contributed by atoms with van der Waals surface area (Å²) in [5.74, 6) is 0. The highest BCUT2D eigenvalue weighted by Gasteiger charge is 2.37. The summed E-state index contributed by atoms with van der Waals surface area (Å²) in [7, 11) is 0. The SMILES string of the molecule is N#Cc1cccc(-c2cc(-n3c4ccccc4c4ccc(-c5ccccc5)cc43)c(C(F)(F)F)cc2-n2c3ccccc3c3ccc(-c4ccccc4)cc32)c1. The number of nitrogens with zero attached hydrogens (tertiary/aromatic N) is 3. The first-order chi connectivity index (χ1) is 27.4. The van der Waals surface area contributed by atoms with Crippen LogP contribution in [0.3, 0.4) is 0 Å². The molecule has 2 heterocycles. The van der Waals surface area contributed by atoms with Gasteiger partial charge < -0.3 is 9.13 Å². The van der Waals surface area contributed by atoms with Gasteiger partial charge in [0, 0.05) is 27.1 Å². The second kappa shape index (κ2) is 12.9. The van der Waals surface area contributed by atoms with E-state index in [1.54, 1.807) is 28.8 Å². The fraction of sp³-hybridized carbons (Fsp3) is 0.0200. The largest absolute Gasteiger partial charge is 0.418 e. The van der Waals surface area contributed by atoms with Gasteiger partial charge in [0.1, 0.15) is 0 Å². The lowest BCUT2D eigenvalue weighted by atomic mass is 9.97. The molecule has 2 aromatic heterocycles. The van der Waals surface area contributed by atoms with Crippen LogP contribution in [0.15, 0.2) is 182 Å². The summed E-state index contributed by atoms with van der Waals surface area (Å²) in [4.78, 5) is 0. The zero-order valence-corrected chi connectivity index (χ0v) is 29.8. The Kier molecular flexibility index (Phi) is 7.65. The van der Waals surface area contributed by atoms with Crippen LogP contribution in [0.1, 0.15) is 11.1 Å². The number of alkyl halides is 3. The molecule has 8 aromatic carbocycles. The number of para-hydroxylation sites is 2. The maximum Gasteiger partial charge on any atom is 0.418 e. The van der Waals surface area contributed by atoms with Crippen molar-refractivity contribution in [2.75, 3.05) is 0 Å². The Morgan fingerprint density at radius 2 is 0.875 bits per heavy atom. The molecule has 0 spiro atoms. The van der Waals surface area contributed by atoms with E-state index in [4.69, 9.17) is 0 Å². The summed E-state index contributed by atoms with van der Waals surface area (Å²) < 4.78 is 51.4. The molecule has 0 amide bonds. The molecule has 0 unspecified atom stereocenters. The van der Waals surface area contributed by atoms with Gasteiger partial charge >= 0.3 is 6.18 Å². The quantitative estimate of drug-likeness (QED) is 0.174. The van der Waals surface area contributed by atoms with Crippen molar-refractivity contribution in [2.45, 2.75) is 6.18 Å². The molecule has 266 valence electrons. The third kappa shape index (κ3) is 5.36. The molecular weight excluding hydrogens is 700 g/mol. The summed E-state index contributed by atoms with van der Waals surface area (Å²) in [6, 6.07) is 59.7. The van der Waals surface area contributed by atoms with Crippen LogP contribution in [0.5, 0.6) is 0 Å². The normalized spacial score (nSPS) is 11.8. The summed E-state index contributed by atoms with van der Waals surface area (Å²) in [5.41, 5.74) is 7.86. The number of nitriles is 1. The standard InChI is InChI=1S/C50H30F3N3/c51-50(52,53)43-30-48(55-44-20-9-7-18-38(44)40-24-22-35(27-46(40)55)33-13-3-1-4-14-33)42(37-17-11-12-32(26-37)31-54)29-49(43)56-45-21-10-8-19-39(45)41-25-23-36(28-47(41)56)34-15-5-2-6-16-34/h1-30H. The van der Waals surface area contributed by atoms with E-state index in [-0.39, 0.29) is 5.69 Å². The van der Waals surface area contributed by atoms with E-state index in [1.807, 2.05) is 144 Å². The topological polar surface area (TPSA) is 33.6 Å². The van der Waals surface area contributed by atoms with Crippen LogP contribution in [-0.2, 0) is 6.18 Å². The second-order valence-corrected chi connectivity index (χ2v) is 14.0. The van der Waals surface area contributed by atoms with Crippen molar-refractivity contribution in [3.63, 3.8) is 0 Å². The van der Waals surface area contributed by atoms with Crippen LogP contribution < -0.4 is 0 Å². The molecule has 0 bridgehead atoms. The molecule has 10 aromatic rings. The lowest BCUT2D eigenvalue weighted by molar-refractivity contribution is -0.137. The average Bonchev–Trinajstić information content (AvgIpc) is 3.75. The minimum Gasteiger partial charge on any atom is -0.309 e. The van der Waals surface area contributed by atoms with E-state index >= 15 is 13.2 Å². The number of benzene rings is 8. The maximum atomic E-state index is 15.9. The van der Waals surface area contributed by atoms with Crippen molar-refractivity contribution in [2.24, 2.45) is 0 Å². The van der Waals surface area contributed by atoms with Gasteiger partial charge in [0.2, 0.25) is 0 Å². The van der Waals surface area contributed by atoms with Gasteiger partial charge in [-0.05, 0) is 76.3 Å². The van der Waals surface area contributed by atoms with Crippen molar-refractivity contribution >= 4 is 43.6 Å². The van der Waals surface area contributed by atoms with Crippen LogP contribution >= 0.6 is 0 Å². The highest BCUT2D eigenvalue weighted by Crippen LogP contribution is 2.45. The van der Waals surface area contributed by atoms with E-state index in [9.17, 15) is 5.26 Å². The first kappa shape index (κ1) is 33.2. The van der Waals surface area contributed by atoms with E-state index in [0.717, 1.165) is 54.8 Å². The zero-order valence-electron chi connectivity index (χ0n) is 29.8. The monoisotopic (exact) mass is 729 g/mol. The molecule has 6 heteroatoms. The first-order valence-corrected chi connectivity index (χ1v) is 18.3. The number of fused-ring (bicyclic) bond motifs is 6. The Labute approximate surface area is 320 Å². The average molecular weight is 730 g/mol. The predicted octanol–water partition coefficient (Wildman–Crippen LogP) is 13.8. The predicted molar refractivity (Wildman–Crippen MR) is 221 cm³/mol. The van der Waals surface area contributed by atoms with Gasteiger partial charge in [0.05, 0.1) is 50.6 Å². The molecule has 0 N–H and O–H groups in total. The number of rotatable bonds is 5. The number of aromatic nitrogens is 2. The van der Waals surface area contributed by atoms with E-state index in [2.05, 4.69) is 18.2 Å². The molecule has 56 heavy (non-hydrogen) atoms. The van der Waals surface area contributed by atoms with Gasteiger partial charge in [-0.1, -0.05) is 133 Å². The lowest BCUT2D eigenvalue weighted by Gasteiger charge is -2.22. The molecule has 3 nitrogen and oxygen atoms in total. The molecule has 0 aliphatic carbocycles. The second-order valence-electron chi connectivity index (χ2n) is 14.0. The van der Waals surface area contributed by atoms with Gasteiger partial charge in [-0.2, -0.15) is 18.4 Å². The van der Waals surface area contributed by atoms with Crippen molar-refractivity contribution in [1.82, 2.24) is 9.13 Å². The van der Waals surface area contributed by atoms with Crippen LogP contribution in [0.25, 0.3) is 88.4 Å². The van der Waals surface area contributed by atoms with Gasteiger partial charge in [0.25, 0.3) is 0 Å². The fourth-order valence-electron chi connectivity index (χ4n) is 8.24. The number of halogens is 3. The summed E-state index contributed by atoms with van der Waals surface area (Å²) in [6.45, 7) is 0.